The summed E-state index contributed by atoms with van der Waals surface area (Å²) in [6, 6.07) is 18.6. The molecule has 4 rings (SSSR count). The number of thioether (sulfide) groups is 1. The Morgan fingerprint density at radius 1 is 0.943 bits per heavy atom. The van der Waals surface area contributed by atoms with Gasteiger partial charge in [0.15, 0.2) is 17.3 Å². The number of hydrogen-bond donors (Lipinski definition) is 0. The average molecular weight is 548 g/mol. The minimum Gasteiger partial charge on any atom is -0.493 e. The standard InChI is InChI=1S/C25H21Cl3N4O2S/c1-16-30-31-25(35-15-19-8-9-20(26)12-22(19)28)32(16)29-13-17-7-10-23(24(11-17)33-2)34-14-18-5-3-4-6-21(18)27/h3-13H,14-15H2,1-2H3/b29-13+. The average Bonchev–Trinajstić information content (AvgIpc) is 3.21. The van der Waals surface area contributed by atoms with Gasteiger partial charge in [-0.1, -0.05) is 70.8 Å². The molecule has 0 spiro atoms. The smallest absolute Gasteiger partial charge is 0.212 e. The lowest BCUT2D eigenvalue weighted by molar-refractivity contribution is 0.284. The Morgan fingerprint density at radius 3 is 2.54 bits per heavy atom. The SMILES string of the molecule is COc1cc(/C=N/n2c(C)nnc2SCc2ccc(Cl)cc2Cl)ccc1OCc1ccccc1Cl. The molecule has 0 radical (unpaired) electrons. The first-order valence-electron chi connectivity index (χ1n) is 10.5. The Bertz CT molecular complexity index is 1360. The van der Waals surface area contributed by atoms with Crippen LogP contribution in [0.5, 0.6) is 11.5 Å². The van der Waals surface area contributed by atoms with Gasteiger partial charge < -0.3 is 9.47 Å². The Balaban J connectivity index is 1.46. The van der Waals surface area contributed by atoms with Crippen LogP contribution in [-0.4, -0.2) is 28.2 Å². The van der Waals surface area contributed by atoms with Crippen molar-refractivity contribution in [1.29, 1.82) is 0 Å². The van der Waals surface area contributed by atoms with Crippen molar-refractivity contribution in [2.75, 3.05) is 7.11 Å². The molecule has 10 heteroatoms. The molecular formula is C25H21Cl3N4O2S. The van der Waals surface area contributed by atoms with E-state index in [1.165, 1.54) is 11.8 Å². The molecule has 0 aliphatic carbocycles. The summed E-state index contributed by atoms with van der Waals surface area (Å²) < 4.78 is 13.1. The first kappa shape index (κ1) is 25.4. The number of halogens is 3. The lowest BCUT2D eigenvalue weighted by Crippen LogP contribution is -2.00. The van der Waals surface area contributed by atoms with E-state index in [2.05, 4.69) is 15.3 Å². The molecule has 0 atom stereocenters. The third kappa shape index (κ3) is 6.49. The summed E-state index contributed by atoms with van der Waals surface area (Å²) in [6.07, 6.45) is 1.72. The quantitative estimate of drug-likeness (QED) is 0.162. The van der Waals surface area contributed by atoms with Gasteiger partial charge in [-0.3, -0.25) is 0 Å². The van der Waals surface area contributed by atoms with Crippen LogP contribution in [0.3, 0.4) is 0 Å². The fourth-order valence-corrected chi connectivity index (χ4v) is 4.80. The number of rotatable bonds is 9. The highest BCUT2D eigenvalue weighted by Crippen LogP contribution is 2.30. The molecule has 0 aliphatic heterocycles. The third-order valence-corrected chi connectivity index (χ3v) is 6.91. The van der Waals surface area contributed by atoms with E-state index in [0.717, 1.165) is 16.7 Å². The van der Waals surface area contributed by atoms with Crippen molar-refractivity contribution in [3.05, 3.63) is 98.2 Å². The summed E-state index contributed by atoms with van der Waals surface area (Å²) in [5, 5.41) is 15.5. The van der Waals surface area contributed by atoms with Crippen molar-refractivity contribution in [3.63, 3.8) is 0 Å². The van der Waals surface area contributed by atoms with Crippen LogP contribution in [0.4, 0.5) is 0 Å². The lowest BCUT2D eigenvalue weighted by Gasteiger charge is -2.12. The molecule has 4 aromatic rings. The molecule has 0 unspecified atom stereocenters. The molecule has 35 heavy (non-hydrogen) atoms. The Hall–Kier alpha value is -2.71. The van der Waals surface area contributed by atoms with Crippen molar-refractivity contribution in [2.45, 2.75) is 24.4 Å². The number of hydrogen-bond acceptors (Lipinski definition) is 6. The van der Waals surface area contributed by atoms with E-state index in [0.29, 0.717) is 49.9 Å². The summed E-state index contributed by atoms with van der Waals surface area (Å²) >= 11 is 20.0. The third-order valence-electron chi connectivity index (χ3n) is 4.99. The Kier molecular flexibility index (Phi) is 8.57. The van der Waals surface area contributed by atoms with E-state index in [9.17, 15) is 0 Å². The number of ether oxygens (including phenoxy) is 2. The predicted octanol–water partition coefficient (Wildman–Crippen LogP) is 7.31. The monoisotopic (exact) mass is 546 g/mol. The van der Waals surface area contributed by atoms with Crippen LogP contribution >= 0.6 is 46.6 Å². The fourth-order valence-electron chi connectivity index (χ4n) is 3.12. The zero-order valence-electron chi connectivity index (χ0n) is 18.9. The first-order valence-corrected chi connectivity index (χ1v) is 12.6. The van der Waals surface area contributed by atoms with Crippen molar-refractivity contribution >= 4 is 52.8 Å². The molecule has 3 aromatic carbocycles. The number of nitrogens with zero attached hydrogens (tertiary/aromatic N) is 4. The van der Waals surface area contributed by atoms with Crippen LogP contribution in [0.25, 0.3) is 0 Å². The minimum absolute atomic E-state index is 0.335. The first-order chi connectivity index (χ1) is 16.9. The Morgan fingerprint density at radius 2 is 1.77 bits per heavy atom. The van der Waals surface area contributed by atoms with E-state index >= 15 is 0 Å². The van der Waals surface area contributed by atoms with Gasteiger partial charge >= 0.3 is 0 Å². The summed E-state index contributed by atoms with van der Waals surface area (Å²) in [5.41, 5.74) is 2.68. The second-order valence-electron chi connectivity index (χ2n) is 7.40. The largest absolute Gasteiger partial charge is 0.493 e. The molecule has 0 saturated carbocycles. The van der Waals surface area contributed by atoms with Gasteiger partial charge in [-0.15, -0.1) is 10.2 Å². The van der Waals surface area contributed by atoms with E-state index in [4.69, 9.17) is 44.3 Å². The molecule has 1 heterocycles. The highest BCUT2D eigenvalue weighted by molar-refractivity contribution is 7.98. The molecule has 1 aromatic heterocycles. The van der Waals surface area contributed by atoms with Gasteiger partial charge in [-0.2, -0.15) is 9.78 Å². The topological polar surface area (TPSA) is 61.5 Å². The number of benzene rings is 3. The molecule has 180 valence electrons. The van der Waals surface area contributed by atoms with E-state index in [1.807, 2.05) is 61.5 Å². The van der Waals surface area contributed by atoms with E-state index in [1.54, 1.807) is 24.1 Å². The number of methoxy groups -OCH3 is 1. The molecule has 6 nitrogen and oxygen atoms in total. The van der Waals surface area contributed by atoms with Crippen molar-refractivity contribution in [2.24, 2.45) is 5.10 Å². The van der Waals surface area contributed by atoms with E-state index in [-0.39, 0.29) is 0 Å². The highest BCUT2D eigenvalue weighted by Gasteiger charge is 2.11. The molecule has 0 aliphatic rings. The second kappa shape index (κ2) is 11.8. The lowest BCUT2D eigenvalue weighted by atomic mass is 10.2. The van der Waals surface area contributed by atoms with Gasteiger partial charge in [-0.25, -0.2) is 0 Å². The van der Waals surface area contributed by atoms with Gasteiger partial charge in [0.1, 0.15) is 6.61 Å². The maximum atomic E-state index is 6.29. The van der Waals surface area contributed by atoms with Crippen LogP contribution in [0.1, 0.15) is 22.5 Å². The highest BCUT2D eigenvalue weighted by atomic mass is 35.5. The van der Waals surface area contributed by atoms with Crippen LogP contribution in [-0.2, 0) is 12.4 Å². The summed E-state index contributed by atoms with van der Waals surface area (Å²) in [4.78, 5) is 0. The summed E-state index contributed by atoms with van der Waals surface area (Å²) in [6.45, 7) is 2.18. The summed E-state index contributed by atoms with van der Waals surface area (Å²) in [5.74, 6) is 2.47. The van der Waals surface area contributed by atoms with E-state index < -0.39 is 0 Å². The molecule has 0 N–H and O–H groups in total. The van der Waals surface area contributed by atoms with Gasteiger partial charge in [-0.05, 0) is 54.4 Å². The maximum Gasteiger partial charge on any atom is 0.212 e. The van der Waals surface area contributed by atoms with Crippen molar-refractivity contribution in [3.8, 4) is 11.5 Å². The normalized spacial score (nSPS) is 11.2. The van der Waals surface area contributed by atoms with Crippen LogP contribution < -0.4 is 9.47 Å². The summed E-state index contributed by atoms with van der Waals surface area (Å²) in [7, 11) is 1.60. The molecule has 0 saturated heterocycles. The molecule has 0 bridgehead atoms. The second-order valence-corrected chi connectivity index (χ2v) is 9.59. The van der Waals surface area contributed by atoms with Crippen LogP contribution in [0.2, 0.25) is 15.1 Å². The van der Waals surface area contributed by atoms with Gasteiger partial charge in [0.05, 0.1) is 13.3 Å². The van der Waals surface area contributed by atoms with Gasteiger partial charge in [0, 0.05) is 26.4 Å². The zero-order valence-corrected chi connectivity index (χ0v) is 22.0. The maximum absolute atomic E-state index is 6.29. The molecule has 0 fully saturated rings. The fraction of sp³-hybridized carbons (Fsp3) is 0.160. The minimum atomic E-state index is 0.335. The predicted molar refractivity (Wildman–Crippen MR) is 143 cm³/mol. The number of aromatic nitrogens is 3. The number of aryl methyl sites for hydroxylation is 1. The van der Waals surface area contributed by atoms with Crippen molar-refractivity contribution in [1.82, 2.24) is 14.9 Å². The Labute approximate surface area is 222 Å². The molecular weight excluding hydrogens is 527 g/mol. The van der Waals surface area contributed by atoms with Gasteiger partial charge in [0.2, 0.25) is 5.16 Å². The van der Waals surface area contributed by atoms with Crippen LogP contribution in [0, 0.1) is 6.92 Å². The molecule has 0 amide bonds. The van der Waals surface area contributed by atoms with Crippen LogP contribution in [0.15, 0.2) is 70.9 Å². The van der Waals surface area contributed by atoms with Crippen molar-refractivity contribution < 1.29 is 9.47 Å². The zero-order chi connectivity index (χ0) is 24.8. The van der Waals surface area contributed by atoms with Gasteiger partial charge in [0.25, 0.3) is 0 Å².